The van der Waals surface area contributed by atoms with Gasteiger partial charge in [0, 0.05) is 29.7 Å². The Balaban J connectivity index is 1.13. The molecule has 2 N–H and O–H groups in total. The zero-order valence-corrected chi connectivity index (χ0v) is 24.1. The van der Waals surface area contributed by atoms with Gasteiger partial charge in [-0.05, 0) is 30.7 Å². The van der Waals surface area contributed by atoms with Crippen LogP contribution in [0.25, 0.3) is 31.8 Å². The molecule has 5 aromatic rings. The standard InChI is InChI=1S/C29H24F3N5O6S/c1-14-5-17(24-20(6-14)36-23(40-2)10-34-24)27-37-21-8-19(30)25-18(26(21)44-27)7-16(43-25)11-41-28(39)35-15-3-4-22(33-9-15)42-13-29(31,32)12-38/h3-6,8-10,16,38H,7,11-13H2,1-2H3,(H,35,39). The van der Waals surface area contributed by atoms with Crippen LogP contribution in [-0.2, 0) is 11.2 Å². The number of ether oxygens (including phenoxy) is 4. The summed E-state index contributed by atoms with van der Waals surface area (Å²) in [6.45, 7) is -0.627. The number of amides is 1. The van der Waals surface area contributed by atoms with E-state index in [0.717, 1.165) is 15.8 Å². The minimum absolute atomic E-state index is 0.0897. The van der Waals surface area contributed by atoms with Crippen molar-refractivity contribution in [3.63, 3.8) is 0 Å². The van der Waals surface area contributed by atoms with Gasteiger partial charge in [-0.1, -0.05) is 0 Å². The molecule has 1 aliphatic rings. The van der Waals surface area contributed by atoms with E-state index in [-0.39, 0.29) is 30.3 Å². The first-order valence-electron chi connectivity index (χ1n) is 13.2. The largest absolute Gasteiger partial charge is 0.483 e. The molecule has 0 saturated carbocycles. The zero-order chi connectivity index (χ0) is 31.0. The van der Waals surface area contributed by atoms with E-state index in [1.165, 1.54) is 49.0 Å². The van der Waals surface area contributed by atoms with Crippen LogP contribution in [-0.4, -0.2) is 70.1 Å². The number of carbonyl (C=O) groups is 1. The highest BCUT2D eigenvalue weighted by Crippen LogP contribution is 2.43. The Bertz CT molecular complexity index is 1870. The molecule has 0 fully saturated rings. The van der Waals surface area contributed by atoms with Crippen molar-refractivity contribution in [1.29, 1.82) is 0 Å². The number of aliphatic hydroxyl groups excluding tert-OH is 1. The molecule has 0 saturated heterocycles. The first kappa shape index (κ1) is 29.3. The second-order valence-corrected chi connectivity index (χ2v) is 11.0. The van der Waals surface area contributed by atoms with Gasteiger partial charge in [0.05, 0.1) is 46.4 Å². The third-order valence-electron chi connectivity index (χ3n) is 6.65. The van der Waals surface area contributed by atoms with Gasteiger partial charge in [0.2, 0.25) is 11.8 Å². The fourth-order valence-electron chi connectivity index (χ4n) is 4.63. The SMILES string of the molecule is COc1cnc2c(-c3nc4cc(F)c5c(c4s3)CC(COC(=O)Nc3ccc(OCC(F)(F)CO)nc3)O5)cc(C)cc2n1. The van der Waals surface area contributed by atoms with Crippen LogP contribution in [0, 0.1) is 12.7 Å². The number of hydrogen-bond acceptors (Lipinski definition) is 11. The van der Waals surface area contributed by atoms with Crippen molar-refractivity contribution in [3.05, 3.63) is 59.7 Å². The summed E-state index contributed by atoms with van der Waals surface area (Å²) in [5, 5.41) is 11.7. The van der Waals surface area contributed by atoms with Crippen LogP contribution < -0.4 is 19.5 Å². The third kappa shape index (κ3) is 6.01. The maximum Gasteiger partial charge on any atom is 0.411 e. The number of anilines is 1. The molecule has 3 aromatic heterocycles. The lowest BCUT2D eigenvalue weighted by molar-refractivity contribution is -0.0809. The number of fused-ring (bicyclic) bond motifs is 4. The van der Waals surface area contributed by atoms with Crippen LogP contribution in [0.1, 0.15) is 11.1 Å². The number of pyridine rings is 1. The number of aromatic nitrogens is 4. The minimum Gasteiger partial charge on any atom is -0.483 e. The van der Waals surface area contributed by atoms with Gasteiger partial charge in [-0.25, -0.2) is 37.9 Å². The Hall–Kier alpha value is -4.76. The van der Waals surface area contributed by atoms with Gasteiger partial charge in [-0.15, -0.1) is 11.3 Å². The van der Waals surface area contributed by atoms with Crippen molar-refractivity contribution in [2.45, 2.75) is 25.4 Å². The molecule has 1 atom stereocenters. The Morgan fingerprint density at radius 3 is 2.75 bits per heavy atom. The van der Waals surface area contributed by atoms with E-state index in [0.29, 0.717) is 33.0 Å². The van der Waals surface area contributed by atoms with Crippen molar-refractivity contribution in [3.8, 4) is 28.1 Å². The predicted octanol–water partition coefficient (Wildman–Crippen LogP) is 5.32. The van der Waals surface area contributed by atoms with E-state index in [4.69, 9.17) is 29.0 Å². The summed E-state index contributed by atoms with van der Waals surface area (Å²) in [4.78, 5) is 29.9. The highest BCUT2D eigenvalue weighted by molar-refractivity contribution is 7.22. The molecular formula is C29H24F3N5O6S. The van der Waals surface area contributed by atoms with Gasteiger partial charge < -0.3 is 24.1 Å². The number of aliphatic hydroxyl groups is 1. The second-order valence-electron chi connectivity index (χ2n) is 9.98. The van der Waals surface area contributed by atoms with E-state index in [9.17, 15) is 13.6 Å². The highest BCUT2D eigenvalue weighted by atomic mass is 32.1. The number of thiazole rings is 1. The molecule has 11 nitrogen and oxygen atoms in total. The molecule has 0 bridgehead atoms. The van der Waals surface area contributed by atoms with E-state index < -0.39 is 37.2 Å². The van der Waals surface area contributed by atoms with E-state index >= 15 is 4.39 Å². The molecule has 4 heterocycles. The van der Waals surface area contributed by atoms with Crippen LogP contribution in [0.2, 0.25) is 0 Å². The molecule has 44 heavy (non-hydrogen) atoms. The lowest BCUT2D eigenvalue weighted by atomic mass is 10.1. The van der Waals surface area contributed by atoms with Crippen molar-refractivity contribution >= 4 is 44.4 Å². The number of alkyl halides is 2. The van der Waals surface area contributed by atoms with Gasteiger partial charge in [-0.3, -0.25) is 5.32 Å². The molecule has 2 aromatic carbocycles. The van der Waals surface area contributed by atoms with Gasteiger partial charge >= 0.3 is 12.0 Å². The summed E-state index contributed by atoms with van der Waals surface area (Å²) in [5.74, 6) is -3.60. The third-order valence-corrected chi connectivity index (χ3v) is 7.82. The lowest BCUT2D eigenvalue weighted by Crippen LogP contribution is -2.29. The number of nitrogens with zero attached hydrogens (tertiary/aromatic N) is 4. The van der Waals surface area contributed by atoms with Gasteiger partial charge in [0.1, 0.15) is 24.3 Å². The van der Waals surface area contributed by atoms with E-state index in [2.05, 4.69) is 20.3 Å². The quantitative estimate of drug-likeness (QED) is 0.221. The van der Waals surface area contributed by atoms with Gasteiger partial charge in [0.25, 0.3) is 0 Å². The molecule has 1 aliphatic heterocycles. The molecular weight excluding hydrogens is 603 g/mol. The molecule has 15 heteroatoms. The Morgan fingerprint density at radius 2 is 2.00 bits per heavy atom. The van der Waals surface area contributed by atoms with Crippen LogP contribution in [0.3, 0.4) is 0 Å². The maximum atomic E-state index is 15.1. The summed E-state index contributed by atoms with van der Waals surface area (Å²) >= 11 is 1.39. The summed E-state index contributed by atoms with van der Waals surface area (Å²) < 4.78 is 63.2. The van der Waals surface area contributed by atoms with Crippen LogP contribution in [0.15, 0.2) is 42.7 Å². The van der Waals surface area contributed by atoms with Gasteiger partial charge in [0.15, 0.2) is 18.2 Å². The lowest BCUT2D eigenvalue weighted by Gasteiger charge is -2.14. The molecule has 0 aliphatic carbocycles. The molecule has 0 spiro atoms. The molecule has 228 valence electrons. The topological polar surface area (TPSA) is 138 Å². The van der Waals surface area contributed by atoms with Crippen molar-refractivity contribution < 1.29 is 42.0 Å². The summed E-state index contributed by atoms with van der Waals surface area (Å²) in [6.07, 6.45) is 1.56. The predicted molar refractivity (Wildman–Crippen MR) is 154 cm³/mol. The van der Waals surface area contributed by atoms with E-state index in [1.807, 2.05) is 19.1 Å². The number of hydrogen-bond donors (Lipinski definition) is 2. The first-order chi connectivity index (χ1) is 21.1. The molecule has 1 unspecified atom stereocenters. The van der Waals surface area contributed by atoms with Crippen molar-refractivity contribution in [2.75, 3.05) is 32.2 Å². The van der Waals surface area contributed by atoms with Crippen molar-refractivity contribution in [2.24, 2.45) is 0 Å². The molecule has 1 amide bonds. The second kappa shape index (κ2) is 11.7. The number of benzene rings is 2. The number of rotatable bonds is 9. The van der Waals surface area contributed by atoms with E-state index in [1.54, 1.807) is 0 Å². The maximum absolute atomic E-state index is 15.1. The van der Waals surface area contributed by atoms with Crippen LogP contribution >= 0.6 is 11.3 Å². The number of carbonyl (C=O) groups excluding carboxylic acids is 1. The Kier molecular flexibility index (Phi) is 7.82. The first-order valence-corrected chi connectivity index (χ1v) is 14.1. The average Bonchev–Trinajstić information content (AvgIpc) is 3.64. The molecule has 0 radical (unpaired) electrons. The number of halogens is 3. The van der Waals surface area contributed by atoms with Gasteiger partial charge in [-0.2, -0.15) is 0 Å². The average molecular weight is 628 g/mol. The smallest absolute Gasteiger partial charge is 0.411 e. The monoisotopic (exact) mass is 627 g/mol. The highest BCUT2D eigenvalue weighted by Gasteiger charge is 2.31. The number of nitrogens with one attached hydrogen (secondary N) is 1. The fourth-order valence-corrected chi connectivity index (χ4v) is 5.74. The summed E-state index contributed by atoms with van der Waals surface area (Å²) in [7, 11) is 1.52. The Labute approximate surface area is 251 Å². The molecule has 6 rings (SSSR count). The normalized spacial score (nSPS) is 14.4. The number of aryl methyl sites for hydroxylation is 1. The number of methoxy groups -OCH3 is 1. The fraction of sp³-hybridized carbons (Fsp3) is 0.276. The summed E-state index contributed by atoms with van der Waals surface area (Å²) in [6, 6.07) is 7.84. The van der Waals surface area contributed by atoms with Crippen LogP contribution in [0.4, 0.5) is 23.7 Å². The summed E-state index contributed by atoms with van der Waals surface area (Å²) in [5.41, 5.74) is 4.33. The minimum atomic E-state index is -3.40. The zero-order valence-electron chi connectivity index (χ0n) is 23.3. The van der Waals surface area contributed by atoms with Crippen molar-refractivity contribution in [1.82, 2.24) is 19.9 Å². The Morgan fingerprint density at radius 1 is 1.16 bits per heavy atom. The van der Waals surface area contributed by atoms with Crippen LogP contribution in [0.5, 0.6) is 17.5 Å².